The molecule has 3 heterocycles. The van der Waals surface area contributed by atoms with Gasteiger partial charge in [0.2, 0.25) is 11.8 Å². The van der Waals surface area contributed by atoms with Crippen LogP contribution < -0.4 is 15.1 Å². The van der Waals surface area contributed by atoms with Gasteiger partial charge in [0, 0.05) is 22.7 Å². The number of hydrogen-bond acceptors (Lipinski definition) is 8. The molecule has 276 valence electrons. The summed E-state index contributed by atoms with van der Waals surface area (Å²) in [6, 6.07) is 20.0. The first-order valence-electron chi connectivity index (χ1n) is 16.9. The molecule has 1 saturated carbocycles. The number of carbonyl (C=O) groups is 4. The number of hydrogen-bond donors (Lipinski definition) is 2. The van der Waals surface area contributed by atoms with Crippen LogP contribution in [-0.4, -0.2) is 45.8 Å². The van der Waals surface area contributed by atoms with E-state index >= 15 is 4.79 Å². The lowest BCUT2D eigenvalue weighted by Crippen LogP contribution is -2.53. The molecule has 4 aromatic rings. The fraction of sp³-hybridized carbons (Fsp3) is 0.256. The predicted molar refractivity (Wildman–Crippen MR) is 190 cm³/mol. The summed E-state index contributed by atoms with van der Waals surface area (Å²) in [4.78, 5) is 63.4. The minimum absolute atomic E-state index is 0.0740. The maximum Gasteiger partial charge on any atom is 0.417 e. The number of aromatic nitrogens is 1. The zero-order valence-electron chi connectivity index (χ0n) is 28.2. The molecule has 0 unspecified atom stereocenters. The van der Waals surface area contributed by atoms with E-state index in [0.29, 0.717) is 44.9 Å². The van der Waals surface area contributed by atoms with Crippen LogP contribution in [0.1, 0.15) is 35.4 Å². The van der Waals surface area contributed by atoms with Gasteiger partial charge >= 0.3 is 6.18 Å². The summed E-state index contributed by atoms with van der Waals surface area (Å²) in [5.74, 6) is -7.49. The van der Waals surface area contributed by atoms with Crippen LogP contribution in [0.2, 0.25) is 10.0 Å². The van der Waals surface area contributed by atoms with E-state index in [4.69, 9.17) is 27.9 Å². The van der Waals surface area contributed by atoms with Crippen molar-refractivity contribution in [2.75, 3.05) is 17.4 Å². The van der Waals surface area contributed by atoms with Crippen LogP contribution in [0.25, 0.3) is 0 Å². The van der Waals surface area contributed by atoms with Crippen molar-refractivity contribution < 1.29 is 42.2 Å². The Hall–Kier alpha value is -5.40. The molecule has 54 heavy (non-hydrogen) atoms. The highest BCUT2D eigenvalue weighted by atomic mass is 35.5. The van der Waals surface area contributed by atoms with Gasteiger partial charge in [-0.25, -0.2) is 4.98 Å². The molecule has 4 aliphatic rings. The normalized spacial score (nSPS) is 26.3. The molecule has 2 aliphatic carbocycles. The van der Waals surface area contributed by atoms with E-state index in [9.17, 15) is 32.7 Å². The monoisotopic (exact) mass is 776 g/mol. The van der Waals surface area contributed by atoms with Crippen molar-refractivity contribution in [3.63, 3.8) is 0 Å². The number of benzene rings is 3. The van der Waals surface area contributed by atoms with Crippen LogP contribution >= 0.6 is 23.2 Å². The first-order chi connectivity index (χ1) is 25.8. The Labute approximate surface area is 316 Å². The van der Waals surface area contributed by atoms with Crippen LogP contribution in [0.4, 0.5) is 24.7 Å². The van der Waals surface area contributed by atoms with Crippen LogP contribution in [0.3, 0.4) is 0 Å². The van der Waals surface area contributed by atoms with E-state index < -0.39 is 69.5 Å². The minimum atomic E-state index is -4.76. The van der Waals surface area contributed by atoms with Gasteiger partial charge in [-0.15, -0.1) is 0 Å². The summed E-state index contributed by atoms with van der Waals surface area (Å²) >= 11 is 12.6. The van der Waals surface area contributed by atoms with E-state index in [1.165, 1.54) is 24.1 Å². The van der Waals surface area contributed by atoms with Crippen LogP contribution in [0.5, 0.6) is 11.5 Å². The minimum Gasteiger partial charge on any atom is -0.508 e. The molecule has 15 heteroatoms. The van der Waals surface area contributed by atoms with Crippen molar-refractivity contribution in [3.8, 4) is 11.5 Å². The third kappa shape index (κ3) is 5.27. The number of imide groups is 2. The molecule has 2 aliphatic heterocycles. The number of rotatable bonds is 6. The second kappa shape index (κ2) is 12.9. The van der Waals surface area contributed by atoms with Gasteiger partial charge in [-0.05, 0) is 72.9 Å². The third-order valence-electron chi connectivity index (χ3n) is 11.1. The maximum atomic E-state index is 15.3. The molecule has 1 aromatic heterocycles. The number of amides is 4. The molecule has 4 amide bonds. The number of aromatic hydroxyl groups is 1. The quantitative estimate of drug-likeness (QED) is 0.154. The number of pyridine rings is 1. The largest absolute Gasteiger partial charge is 0.508 e. The zero-order valence-corrected chi connectivity index (χ0v) is 29.7. The van der Waals surface area contributed by atoms with Crippen LogP contribution in [0.15, 0.2) is 96.7 Å². The molecule has 8 rings (SSSR count). The number of phenolic OH excluding ortho intramolecular Hbond substituents is 1. The summed E-state index contributed by atoms with van der Waals surface area (Å²) in [6.07, 6.45) is -2.34. The smallest absolute Gasteiger partial charge is 0.417 e. The first kappa shape index (κ1) is 35.6. The lowest BCUT2D eigenvalue weighted by Gasteiger charge is -2.50. The number of phenols is 1. The number of alkyl halides is 3. The van der Waals surface area contributed by atoms with Gasteiger partial charge < -0.3 is 9.84 Å². The van der Waals surface area contributed by atoms with E-state index in [0.717, 1.165) is 0 Å². The van der Waals surface area contributed by atoms with E-state index in [2.05, 4.69) is 10.4 Å². The van der Waals surface area contributed by atoms with E-state index in [1.54, 1.807) is 60.7 Å². The van der Waals surface area contributed by atoms with Gasteiger partial charge in [-0.3, -0.25) is 29.5 Å². The van der Waals surface area contributed by atoms with Crippen LogP contribution in [0, 0.1) is 23.7 Å². The number of allylic oxidation sites excluding steroid dienone is 2. The Morgan fingerprint density at radius 2 is 1.65 bits per heavy atom. The highest BCUT2D eigenvalue weighted by Gasteiger charge is 2.70. The molecule has 0 radical (unpaired) electrons. The zero-order chi connectivity index (χ0) is 38.3. The Morgan fingerprint density at radius 3 is 2.31 bits per heavy atom. The van der Waals surface area contributed by atoms with Crippen LogP contribution in [-0.2, 0) is 30.8 Å². The van der Waals surface area contributed by atoms with Gasteiger partial charge in [0.05, 0.1) is 46.6 Å². The molecule has 2 N–H and O–H groups in total. The average molecular weight is 778 g/mol. The van der Waals surface area contributed by atoms with Crippen molar-refractivity contribution in [2.24, 2.45) is 23.7 Å². The van der Waals surface area contributed by atoms with Gasteiger partial charge in [0.15, 0.2) is 5.82 Å². The number of nitrogens with zero attached hydrogens (tertiary/aromatic N) is 3. The summed E-state index contributed by atoms with van der Waals surface area (Å²) in [5, 5.41) is 12.1. The summed E-state index contributed by atoms with van der Waals surface area (Å²) < 4.78 is 45.9. The van der Waals surface area contributed by atoms with Crippen molar-refractivity contribution in [1.82, 2.24) is 9.99 Å². The number of para-hydroxylation sites is 1. The SMILES string of the molecule is COc1ccc(O)c([C@H]2C3=CC[C@@H]4C(=O)N(c5ccccc5)C(=O)[C@@H]4[C@@H]3C[C@H]3C(=O)N(Nc4ncc(C(F)(F)F)cc4Cl)C(=O)[C@@]23c2ccc(Cl)cc2)c1. The van der Waals surface area contributed by atoms with Crippen molar-refractivity contribution in [2.45, 2.75) is 30.4 Å². The Kier molecular flexibility index (Phi) is 8.49. The lowest BCUT2D eigenvalue weighted by molar-refractivity contribution is -0.139. The second-order valence-corrected chi connectivity index (χ2v) is 14.5. The molecule has 0 bridgehead atoms. The third-order valence-corrected chi connectivity index (χ3v) is 11.7. The Morgan fingerprint density at radius 1 is 0.926 bits per heavy atom. The number of methoxy groups -OCH3 is 1. The number of fused-ring (bicyclic) bond motifs is 4. The second-order valence-electron chi connectivity index (χ2n) is 13.7. The fourth-order valence-corrected chi connectivity index (χ4v) is 9.18. The molecular formula is C39H29Cl2F3N4O6. The summed E-state index contributed by atoms with van der Waals surface area (Å²) in [6.45, 7) is 0. The number of hydrazine groups is 1. The highest BCUT2D eigenvalue weighted by molar-refractivity contribution is 6.33. The van der Waals surface area contributed by atoms with Gasteiger partial charge in [0.25, 0.3) is 11.8 Å². The predicted octanol–water partition coefficient (Wildman–Crippen LogP) is 7.31. The maximum absolute atomic E-state index is 15.3. The molecule has 6 atom stereocenters. The Bertz CT molecular complexity index is 2270. The summed E-state index contributed by atoms with van der Waals surface area (Å²) in [7, 11) is 1.43. The lowest BCUT2D eigenvalue weighted by atomic mass is 9.49. The molecule has 10 nitrogen and oxygen atoms in total. The number of carbonyl (C=O) groups excluding carboxylic acids is 4. The molecule has 2 saturated heterocycles. The topological polar surface area (TPSA) is 129 Å². The first-order valence-corrected chi connectivity index (χ1v) is 17.7. The van der Waals surface area contributed by atoms with Crippen molar-refractivity contribution >= 4 is 58.3 Å². The van der Waals surface area contributed by atoms with Gasteiger partial charge in [0.1, 0.15) is 11.5 Å². The fourth-order valence-electron chi connectivity index (χ4n) is 8.85. The van der Waals surface area contributed by atoms with E-state index in [-0.39, 0.29) is 35.9 Å². The van der Waals surface area contributed by atoms with Gasteiger partial charge in [-0.2, -0.15) is 18.2 Å². The molecule has 3 aromatic carbocycles. The highest BCUT2D eigenvalue weighted by Crippen LogP contribution is 2.65. The number of ether oxygens (including phenoxy) is 1. The standard InChI is InChI=1S/C39H29Cl2F3N4O6/c1-54-23-11-14-30(49)27(16-23)32-24-12-13-25-31(36(52)47(34(25)50)22-5-3-2-4-6-22)26(24)17-28-35(51)48(37(53)38(28,32)19-7-9-21(40)10-8-19)46-33-29(41)15-20(18-45-33)39(42,43)44/h2-12,14-16,18,25-26,28,31-32,49H,13,17H2,1H3,(H,45,46)/t25-,26+,28-,31-,32+,38+/m0/s1. The van der Waals surface area contributed by atoms with Gasteiger partial charge in [-0.1, -0.05) is 65.2 Å². The molecular weight excluding hydrogens is 748 g/mol. The van der Waals surface area contributed by atoms with Crippen molar-refractivity contribution in [3.05, 3.63) is 123 Å². The number of anilines is 2. The number of nitrogens with one attached hydrogen (secondary N) is 1. The Balaban J connectivity index is 1.33. The average Bonchev–Trinajstić information content (AvgIpc) is 3.53. The summed E-state index contributed by atoms with van der Waals surface area (Å²) in [5.41, 5.74) is 1.17. The van der Waals surface area contributed by atoms with E-state index in [1.807, 2.05) is 6.08 Å². The van der Waals surface area contributed by atoms with Crippen molar-refractivity contribution in [1.29, 1.82) is 0 Å². The molecule has 0 spiro atoms. The molecule has 3 fully saturated rings. The number of halogens is 5.